The SMILES string of the molecule is CC(C)CN1C(=O)/C(=C/c2c(N3CCN(c4ccc(F)cc4)CC3)nc3ccccn3c2=O)SC1=S. The van der Waals surface area contributed by atoms with Gasteiger partial charge in [0.25, 0.3) is 11.5 Å². The van der Waals surface area contributed by atoms with E-state index >= 15 is 0 Å². The molecule has 0 aliphatic carbocycles. The maximum absolute atomic E-state index is 13.6. The van der Waals surface area contributed by atoms with E-state index in [1.165, 1.54) is 28.3 Å². The van der Waals surface area contributed by atoms with Crippen molar-refractivity contribution in [1.82, 2.24) is 14.3 Å². The Hall–Kier alpha value is -3.24. The first-order valence-corrected chi connectivity index (χ1v) is 13.1. The van der Waals surface area contributed by atoms with Crippen LogP contribution < -0.4 is 15.4 Å². The standard InChI is InChI=1S/C26H26FN5O2S2/c1-17(2)16-32-25(34)21(36-26(32)35)15-20-23(28-22-5-3-4-10-31(22)24(20)33)30-13-11-29(12-14-30)19-8-6-18(27)7-9-19/h3-10,15,17H,11-14,16H2,1-2H3/b21-15-. The van der Waals surface area contributed by atoms with Gasteiger partial charge in [-0.3, -0.25) is 18.9 Å². The second-order valence-electron chi connectivity index (χ2n) is 9.22. The third kappa shape index (κ3) is 4.75. The Morgan fingerprint density at radius 1 is 1.06 bits per heavy atom. The number of nitrogens with zero attached hydrogens (tertiary/aromatic N) is 5. The van der Waals surface area contributed by atoms with Crippen molar-refractivity contribution in [3.05, 3.63) is 75.3 Å². The van der Waals surface area contributed by atoms with Crippen LogP contribution >= 0.6 is 24.0 Å². The fraction of sp³-hybridized carbons (Fsp3) is 0.308. The molecule has 2 aromatic heterocycles. The molecule has 2 saturated heterocycles. The molecule has 0 bridgehead atoms. The van der Waals surface area contributed by atoms with Gasteiger partial charge in [0.15, 0.2) is 0 Å². The Bertz CT molecular complexity index is 1410. The summed E-state index contributed by atoms with van der Waals surface area (Å²) < 4.78 is 15.3. The number of carbonyl (C=O) groups excluding carboxylic acids is 1. The molecule has 0 N–H and O–H groups in total. The highest BCUT2D eigenvalue weighted by molar-refractivity contribution is 8.26. The number of benzene rings is 1. The summed E-state index contributed by atoms with van der Waals surface area (Å²) in [5.74, 6) is 0.386. The van der Waals surface area contributed by atoms with Crippen molar-refractivity contribution < 1.29 is 9.18 Å². The van der Waals surface area contributed by atoms with E-state index in [2.05, 4.69) is 9.80 Å². The molecule has 5 rings (SSSR count). The number of piperazine rings is 1. The van der Waals surface area contributed by atoms with E-state index in [4.69, 9.17) is 17.2 Å². The highest BCUT2D eigenvalue weighted by Gasteiger charge is 2.33. The predicted octanol–water partition coefficient (Wildman–Crippen LogP) is 4.02. The number of halogens is 1. The maximum Gasteiger partial charge on any atom is 0.267 e. The van der Waals surface area contributed by atoms with Crippen LogP contribution in [0.25, 0.3) is 11.7 Å². The molecular formula is C26H26FN5O2S2. The van der Waals surface area contributed by atoms with Crippen molar-refractivity contribution in [3.8, 4) is 0 Å². The highest BCUT2D eigenvalue weighted by Crippen LogP contribution is 2.34. The first kappa shape index (κ1) is 24.5. The number of hydrogen-bond acceptors (Lipinski definition) is 7. The van der Waals surface area contributed by atoms with E-state index < -0.39 is 0 Å². The molecule has 0 unspecified atom stereocenters. The Labute approximate surface area is 218 Å². The number of rotatable bonds is 5. The number of hydrogen-bond donors (Lipinski definition) is 0. The van der Waals surface area contributed by atoms with Crippen molar-refractivity contribution >= 4 is 57.4 Å². The minimum Gasteiger partial charge on any atom is -0.368 e. The summed E-state index contributed by atoms with van der Waals surface area (Å²) in [4.78, 5) is 37.8. The average molecular weight is 524 g/mol. The second kappa shape index (κ2) is 10.0. The fourth-order valence-corrected chi connectivity index (χ4v) is 5.70. The van der Waals surface area contributed by atoms with Crippen LogP contribution in [0.2, 0.25) is 0 Å². The molecule has 0 spiro atoms. The molecule has 0 radical (unpaired) electrons. The number of amides is 1. The highest BCUT2D eigenvalue weighted by atomic mass is 32.2. The van der Waals surface area contributed by atoms with Crippen LogP contribution in [-0.2, 0) is 4.79 Å². The summed E-state index contributed by atoms with van der Waals surface area (Å²) in [7, 11) is 0. The van der Waals surface area contributed by atoms with Crippen LogP contribution in [0.1, 0.15) is 19.4 Å². The number of thioether (sulfide) groups is 1. The first-order valence-electron chi connectivity index (χ1n) is 11.8. The number of pyridine rings is 1. The van der Waals surface area contributed by atoms with Crippen LogP contribution in [0.4, 0.5) is 15.9 Å². The molecule has 7 nitrogen and oxygen atoms in total. The smallest absolute Gasteiger partial charge is 0.267 e. The van der Waals surface area contributed by atoms with Gasteiger partial charge in [-0.05, 0) is 48.4 Å². The average Bonchev–Trinajstić information content (AvgIpc) is 3.13. The Morgan fingerprint density at radius 3 is 2.44 bits per heavy atom. The zero-order valence-electron chi connectivity index (χ0n) is 20.1. The summed E-state index contributed by atoms with van der Waals surface area (Å²) in [5, 5.41) is 0. The van der Waals surface area contributed by atoms with Gasteiger partial charge in [-0.1, -0.05) is 43.9 Å². The summed E-state index contributed by atoms with van der Waals surface area (Å²) in [6, 6.07) is 11.9. The largest absolute Gasteiger partial charge is 0.368 e. The molecule has 10 heteroatoms. The lowest BCUT2D eigenvalue weighted by atomic mass is 10.2. The van der Waals surface area contributed by atoms with Crippen LogP contribution in [0.15, 0.2) is 58.4 Å². The van der Waals surface area contributed by atoms with E-state index in [9.17, 15) is 14.0 Å². The van der Waals surface area contributed by atoms with Gasteiger partial charge in [-0.2, -0.15) is 0 Å². The lowest BCUT2D eigenvalue weighted by Crippen LogP contribution is -2.47. The lowest BCUT2D eigenvalue weighted by molar-refractivity contribution is -0.122. The zero-order chi connectivity index (χ0) is 25.4. The normalized spacial score (nSPS) is 17.8. The summed E-state index contributed by atoms with van der Waals surface area (Å²) >= 11 is 6.68. The summed E-state index contributed by atoms with van der Waals surface area (Å²) in [6.45, 7) is 7.24. The van der Waals surface area contributed by atoms with Crippen molar-refractivity contribution in [2.75, 3.05) is 42.5 Å². The predicted molar refractivity (Wildman–Crippen MR) is 147 cm³/mol. The topological polar surface area (TPSA) is 61.2 Å². The van der Waals surface area contributed by atoms with E-state index in [-0.39, 0.29) is 23.2 Å². The molecule has 0 atom stereocenters. The molecule has 36 heavy (non-hydrogen) atoms. The molecule has 2 fully saturated rings. The third-order valence-corrected chi connectivity index (χ3v) is 7.59. The van der Waals surface area contributed by atoms with Gasteiger partial charge in [0, 0.05) is 44.6 Å². The molecular weight excluding hydrogens is 497 g/mol. The van der Waals surface area contributed by atoms with Gasteiger partial charge >= 0.3 is 0 Å². The quantitative estimate of drug-likeness (QED) is 0.370. The van der Waals surface area contributed by atoms with Gasteiger partial charge in [-0.25, -0.2) is 9.37 Å². The van der Waals surface area contributed by atoms with E-state index in [1.807, 2.05) is 19.9 Å². The molecule has 0 saturated carbocycles. The van der Waals surface area contributed by atoms with E-state index in [1.54, 1.807) is 41.4 Å². The minimum atomic E-state index is -0.262. The molecule has 2 aliphatic rings. The molecule has 186 valence electrons. The van der Waals surface area contributed by atoms with Crippen LogP contribution in [-0.4, -0.2) is 57.2 Å². The van der Waals surface area contributed by atoms with Gasteiger partial charge in [0.1, 0.15) is 21.6 Å². The Kier molecular flexibility index (Phi) is 6.81. The van der Waals surface area contributed by atoms with Gasteiger partial charge in [0.05, 0.1) is 10.5 Å². The van der Waals surface area contributed by atoms with Crippen molar-refractivity contribution in [1.29, 1.82) is 0 Å². The Balaban J connectivity index is 1.50. The maximum atomic E-state index is 13.6. The molecule has 3 aromatic rings. The molecule has 2 aliphatic heterocycles. The third-order valence-electron chi connectivity index (χ3n) is 6.22. The number of thiocarbonyl (C=S) groups is 1. The summed E-state index contributed by atoms with van der Waals surface area (Å²) in [5.41, 5.74) is 1.64. The first-order chi connectivity index (χ1) is 17.3. The number of aromatic nitrogens is 2. The van der Waals surface area contributed by atoms with Crippen LogP contribution in [0.5, 0.6) is 0 Å². The van der Waals surface area contributed by atoms with E-state index in [0.717, 1.165) is 5.69 Å². The monoisotopic (exact) mass is 523 g/mol. The van der Waals surface area contributed by atoms with E-state index in [0.29, 0.717) is 59.0 Å². The van der Waals surface area contributed by atoms with Crippen LogP contribution in [0.3, 0.4) is 0 Å². The minimum absolute atomic E-state index is 0.177. The van der Waals surface area contributed by atoms with Gasteiger partial charge in [0.2, 0.25) is 0 Å². The number of fused-ring (bicyclic) bond motifs is 1. The lowest BCUT2D eigenvalue weighted by Gasteiger charge is -2.37. The molecule has 4 heterocycles. The second-order valence-corrected chi connectivity index (χ2v) is 10.9. The number of anilines is 2. The summed E-state index contributed by atoms with van der Waals surface area (Å²) in [6.07, 6.45) is 3.33. The number of carbonyl (C=O) groups is 1. The van der Waals surface area contributed by atoms with Crippen LogP contribution in [0, 0.1) is 11.7 Å². The van der Waals surface area contributed by atoms with Gasteiger partial charge < -0.3 is 9.80 Å². The Morgan fingerprint density at radius 2 is 1.75 bits per heavy atom. The molecule has 1 aromatic carbocycles. The molecule has 1 amide bonds. The van der Waals surface area contributed by atoms with Gasteiger partial charge in [-0.15, -0.1) is 0 Å². The van der Waals surface area contributed by atoms with Crippen molar-refractivity contribution in [2.45, 2.75) is 13.8 Å². The fourth-order valence-electron chi connectivity index (χ4n) is 4.44. The zero-order valence-corrected chi connectivity index (χ0v) is 21.7. The van der Waals surface area contributed by atoms with Crippen molar-refractivity contribution in [2.24, 2.45) is 5.92 Å². The van der Waals surface area contributed by atoms with Crippen molar-refractivity contribution in [3.63, 3.8) is 0 Å².